The predicted molar refractivity (Wildman–Crippen MR) is 148 cm³/mol. The molecule has 0 amide bonds. The summed E-state index contributed by atoms with van der Waals surface area (Å²) in [7, 11) is 0. The average Bonchev–Trinajstić information content (AvgIpc) is 3.30. The number of aryl methyl sites for hydroxylation is 2. The van der Waals surface area contributed by atoms with Crippen LogP contribution in [-0.4, -0.2) is 27.2 Å². The van der Waals surface area contributed by atoms with Crippen LogP contribution in [0.5, 0.6) is 5.75 Å². The number of anilines is 1. The number of nitrogens with zero attached hydrogens (tertiary/aromatic N) is 3. The molecule has 192 valence electrons. The van der Waals surface area contributed by atoms with Gasteiger partial charge in [0.2, 0.25) is 0 Å². The molecular weight excluding hydrogens is 511 g/mol. The second-order valence-electron chi connectivity index (χ2n) is 8.71. The molecule has 0 saturated carbocycles. The molecule has 0 unspecified atom stereocenters. The Morgan fingerprint density at radius 2 is 1.79 bits per heavy atom. The first-order chi connectivity index (χ1) is 18.2. The van der Waals surface area contributed by atoms with Gasteiger partial charge in [0.25, 0.3) is 0 Å². The number of alkyl halides is 3. The van der Waals surface area contributed by atoms with Gasteiger partial charge in [0.15, 0.2) is 5.11 Å². The molecule has 5 aromatic rings. The highest BCUT2D eigenvalue weighted by atomic mass is 32.1. The standard InChI is InChI=1S/C28H22F3N5OS/c1-17-3-11-24(18(2)13-17)34-27(38)35-33-15-19-4-10-23-20(14-19)5-12-25-26(23)32-16-36(25)21-6-8-22(9-7-21)37-28(29,30)31/h3-16H,1-2H3,(H2,34,35,38). The van der Waals surface area contributed by atoms with E-state index in [0.717, 1.165) is 38.6 Å². The molecule has 5 rings (SSSR count). The molecule has 0 aliphatic heterocycles. The smallest absolute Gasteiger partial charge is 0.406 e. The van der Waals surface area contributed by atoms with Crippen LogP contribution in [0.15, 0.2) is 84.2 Å². The van der Waals surface area contributed by atoms with Crippen LogP contribution in [0.25, 0.3) is 27.5 Å². The minimum Gasteiger partial charge on any atom is -0.406 e. The molecule has 0 fully saturated rings. The number of hydrogen-bond donors (Lipinski definition) is 2. The van der Waals surface area contributed by atoms with Crippen molar-refractivity contribution >= 4 is 51.0 Å². The fourth-order valence-electron chi connectivity index (χ4n) is 4.19. The molecule has 2 N–H and O–H groups in total. The van der Waals surface area contributed by atoms with E-state index in [-0.39, 0.29) is 5.75 Å². The molecule has 0 aliphatic carbocycles. The van der Waals surface area contributed by atoms with Crippen LogP contribution < -0.4 is 15.5 Å². The van der Waals surface area contributed by atoms with Gasteiger partial charge in [0.05, 0.1) is 17.2 Å². The summed E-state index contributed by atoms with van der Waals surface area (Å²) < 4.78 is 43.1. The number of halogens is 3. The van der Waals surface area contributed by atoms with Crippen molar-refractivity contribution in [3.63, 3.8) is 0 Å². The van der Waals surface area contributed by atoms with Crippen LogP contribution in [0.4, 0.5) is 18.9 Å². The molecule has 0 radical (unpaired) electrons. The molecule has 1 heterocycles. The van der Waals surface area contributed by atoms with Crippen molar-refractivity contribution in [1.82, 2.24) is 15.0 Å². The summed E-state index contributed by atoms with van der Waals surface area (Å²) in [5, 5.41) is 9.69. The van der Waals surface area contributed by atoms with Gasteiger partial charge in [-0.25, -0.2) is 4.98 Å². The largest absolute Gasteiger partial charge is 0.573 e. The van der Waals surface area contributed by atoms with Gasteiger partial charge in [0, 0.05) is 16.8 Å². The zero-order chi connectivity index (χ0) is 26.9. The van der Waals surface area contributed by atoms with E-state index >= 15 is 0 Å². The lowest BCUT2D eigenvalue weighted by Gasteiger charge is -2.10. The van der Waals surface area contributed by atoms with Crippen LogP contribution in [0.2, 0.25) is 0 Å². The van der Waals surface area contributed by atoms with Crippen molar-refractivity contribution in [2.24, 2.45) is 5.10 Å². The maximum atomic E-state index is 12.5. The number of aromatic nitrogens is 2. The number of hydrogen-bond acceptors (Lipinski definition) is 4. The lowest BCUT2D eigenvalue weighted by molar-refractivity contribution is -0.274. The van der Waals surface area contributed by atoms with Crippen LogP contribution in [0, 0.1) is 13.8 Å². The lowest BCUT2D eigenvalue weighted by Crippen LogP contribution is -2.24. The van der Waals surface area contributed by atoms with Gasteiger partial charge in [-0.3, -0.25) is 9.99 Å². The van der Waals surface area contributed by atoms with Crippen LogP contribution in [-0.2, 0) is 0 Å². The normalized spacial score (nSPS) is 11.8. The van der Waals surface area contributed by atoms with E-state index in [9.17, 15) is 13.2 Å². The molecule has 0 spiro atoms. The second kappa shape index (κ2) is 10.1. The SMILES string of the molecule is Cc1ccc(NC(=S)NN=Cc2ccc3c(ccc4c3ncn4-c3ccc(OC(F)(F)F)cc3)c2)c(C)c1. The monoisotopic (exact) mass is 533 g/mol. The Morgan fingerprint density at radius 3 is 2.53 bits per heavy atom. The highest BCUT2D eigenvalue weighted by molar-refractivity contribution is 7.80. The minimum atomic E-state index is -4.73. The summed E-state index contributed by atoms with van der Waals surface area (Å²) in [6.07, 6.45) is -1.40. The predicted octanol–water partition coefficient (Wildman–Crippen LogP) is 7.01. The topological polar surface area (TPSA) is 63.5 Å². The number of nitrogens with one attached hydrogen (secondary N) is 2. The molecule has 1 aromatic heterocycles. The maximum Gasteiger partial charge on any atom is 0.573 e. The molecular formula is C28H22F3N5OS. The van der Waals surface area contributed by atoms with Crippen molar-refractivity contribution in [3.8, 4) is 11.4 Å². The third kappa shape index (κ3) is 5.60. The minimum absolute atomic E-state index is 0.276. The third-order valence-corrected chi connectivity index (χ3v) is 6.11. The lowest BCUT2D eigenvalue weighted by atomic mass is 10.1. The van der Waals surface area contributed by atoms with E-state index in [1.807, 2.05) is 60.9 Å². The number of imidazole rings is 1. The zero-order valence-corrected chi connectivity index (χ0v) is 21.2. The van der Waals surface area contributed by atoms with E-state index in [4.69, 9.17) is 12.2 Å². The quantitative estimate of drug-likeness (QED) is 0.145. The van der Waals surface area contributed by atoms with Crippen molar-refractivity contribution in [2.75, 3.05) is 5.32 Å². The van der Waals surface area contributed by atoms with E-state index in [1.165, 1.54) is 17.7 Å². The summed E-state index contributed by atoms with van der Waals surface area (Å²) in [6, 6.07) is 21.5. The summed E-state index contributed by atoms with van der Waals surface area (Å²) in [5.74, 6) is -0.276. The Kier molecular flexibility index (Phi) is 6.73. The van der Waals surface area contributed by atoms with E-state index < -0.39 is 6.36 Å². The van der Waals surface area contributed by atoms with Gasteiger partial charge >= 0.3 is 6.36 Å². The Balaban J connectivity index is 1.31. The number of thiocarbonyl (C=S) groups is 1. The van der Waals surface area contributed by atoms with Gasteiger partial charge in [0.1, 0.15) is 12.1 Å². The summed E-state index contributed by atoms with van der Waals surface area (Å²) in [6.45, 7) is 4.05. The fraction of sp³-hybridized carbons (Fsp3) is 0.107. The number of hydrazone groups is 1. The van der Waals surface area contributed by atoms with Gasteiger partial charge in [-0.15, -0.1) is 13.2 Å². The van der Waals surface area contributed by atoms with Crippen molar-refractivity contribution in [3.05, 3.63) is 95.8 Å². The molecule has 0 aliphatic rings. The van der Waals surface area contributed by atoms with Gasteiger partial charge < -0.3 is 10.1 Å². The highest BCUT2D eigenvalue weighted by Gasteiger charge is 2.31. The van der Waals surface area contributed by atoms with E-state index in [1.54, 1.807) is 24.7 Å². The van der Waals surface area contributed by atoms with Crippen molar-refractivity contribution in [2.45, 2.75) is 20.2 Å². The molecule has 0 saturated heterocycles. The zero-order valence-electron chi connectivity index (χ0n) is 20.4. The van der Waals surface area contributed by atoms with Gasteiger partial charge in [-0.1, -0.05) is 35.9 Å². The molecule has 4 aromatic carbocycles. The Morgan fingerprint density at radius 1 is 1.00 bits per heavy atom. The van der Waals surface area contributed by atoms with Crippen LogP contribution in [0.3, 0.4) is 0 Å². The molecule has 0 bridgehead atoms. The summed E-state index contributed by atoms with van der Waals surface area (Å²) in [4.78, 5) is 4.55. The number of ether oxygens (including phenoxy) is 1. The number of rotatable bonds is 5. The summed E-state index contributed by atoms with van der Waals surface area (Å²) in [5.41, 5.74) is 9.18. The number of benzene rings is 4. The average molecular weight is 534 g/mol. The summed E-state index contributed by atoms with van der Waals surface area (Å²) >= 11 is 5.34. The Labute approximate surface area is 221 Å². The third-order valence-electron chi connectivity index (χ3n) is 5.91. The second-order valence-corrected chi connectivity index (χ2v) is 9.12. The molecule has 0 atom stereocenters. The first kappa shape index (κ1) is 25.2. The van der Waals surface area contributed by atoms with Crippen LogP contribution >= 0.6 is 12.2 Å². The maximum absolute atomic E-state index is 12.5. The van der Waals surface area contributed by atoms with Gasteiger partial charge in [-0.2, -0.15) is 5.10 Å². The molecule has 6 nitrogen and oxygen atoms in total. The Bertz CT molecular complexity index is 1680. The first-order valence-electron chi connectivity index (χ1n) is 11.6. The molecule has 10 heteroatoms. The Hall–Kier alpha value is -4.44. The van der Waals surface area contributed by atoms with Crippen molar-refractivity contribution in [1.29, 1.82) is 0 Å². The van der Waals surface area contributed by atoms with Crippen LogP contribution in [0.1, 0.15) is 16.7 Å². The van der Waals surface area contributed by atoms with E-state index in [2.05, 4.69) is 31.6 Å². The first-order valence-corrected chi connectivity index (χ1v) is 12.0. The van der Waals surface area contributed by atoms with E-state index in [0.29, 0.717) is 10.8 Å². The highest BCUT2D eigenvalue weighted by Crippen LogP contribution is 2.29. The van der Waals surface area contributed by atoms with Gasteiger partial charge in [-0.05, 0) is 85.0 Å². The fourth-order valence-corrected chi connectivity index (χ4v) is 4.35. The van der Waals surface area contributed by atoms with Crippen molar-refractivity contribution < 1.29 is 17.9 Å². The number of fused-ring (bicyclic) bond motifs is 3. The molecule has 38 heavy (non-hydrogen) atoms.